The van der Waals surface area contributed by atoms with Gasteiger partial charge in [-0.1, -0.05) is 61.5 Å². The van der Waals surface area contributed by atoms with Crippen LogP contribution in [-0.4, -0.2) is 71.5 Å². The Hall–Kier alpha value is -4.61. The second-order valence-corrected chi connectivity index (χ2v) is 10.2. The van der Waals surface area contributed by atoms with Crippen molar-refractivity contribution in [3.05, 3.63) is 108 Å². The van der Waals surface area contributed by atoms with Gasteiger partial charge in [-0.05, 0) is 48.6 Å². The Bertz CT molecular complexity index is 1450. The lowest BCUT2D eigenvalue weighted by molar-refractivity contribution is -0.128. The predicted octanol–water partition coefficient (Wildman–Crippen LogP) is 3.37. The number of esters is 3. The zero-order valence-electron chi connectivity index (χ0n) is 22.6. The van der Waals surface area contributed by atoms with Crippen molar-refractivity contribution in [2.45, 2.75) is 31.5 Å². The summed E-state index contributed by atoms with van der Waals surface area (Å²) in [6, 6.07) is 25.0. The Kier molecular flexibility index (Phi) is 8.89. The van der Waals surface area contributed by atoms with Crippen LogP contribution in [0.5, 0.6) is 0 Å². The highest BCUT2D eigenvalue weighted by molar-refractivity contribution is 7.80. The summed E-state index contributed by atoms with van der Waals surface area (Å²) in [6.45, 7) is 1.56. The SMILES string of the molecule is CC1CN([C@@H]2O[C@H](COC(=O)c3ccccc3)[C@@H](OC(=O)c3ccccc3)[C@H]2OC(=O)c2ccccc2)C(=S)NC1=O. The largest absolute Gasteiger partial charge is 0.459 e. The molecule has 2 saturated heterocycles. The normalized spacial score (nSPS) is 23.5. The zero-order valence-corrected chi connectivity index (χ0v) is 23.4. The third kappa shape index (κ3) is 6.48. The molecule has 5 atom stereocenters. The van der Waals surface area contributed by atoms with Gasteiger partial charge in [0.15, 0.2) is 23.5 Å². The van der Waals surface area contributed by atoms with Crippen molar-refractivity contribution >= 4 is 41.1 Å². The van der Waals surface area contributed by atoms with Gasteiger partial charge >= 0.3 is 17.9 Å². The molecule has 2 aliphatic rings. The van der Waals surface area contributed by atoms with E-state index in [-0.39, 0.29) is 35.3 Å². The molecule has 2 heterocycles. The lowest BCUT2D eigenvalue weighted by atomic mass is 10.1. The molecule has 1 unspecified atom stereocenters. The molecule has 3 aromatic carbocycles. The highest BCUT2D eigenvalue weighted by Gasteiger charge is 2.54. The molecule has 3 aromatic rings. The first kappa shape index (κ1) is 28.9. The van der Waals surface area contributed by atoms with Gasteiger partial charge in [-0.15, -0.1) is 0 Å². The van der Waals surface area contributed by atoms with E-state index in [1.165, 1.54) is 0 Å². The molecule has 0 radical (unpaired) electrons. The maximum atomic E-state index is 13.3. The first-order chi connectivity index (χ1) is 20.3. The summed E-state index contributed by atoms with van der Waals surface area (Å²) < 4.78 is 23.7. The molecule has 216 valence electrons. The number of hydrogen-bond donors (Lipinski definition) is 1. The Morgan fingerprint density at radius 2 is 1.29 bits per heavy atom. The molecule has 0 bridgehead atoms. The van der Waals surface area contributed by atoms with Crippen LogP contribution in [0.25, 0.3) is 0 Å². The summed E-state index contributed by atoms with van der Waals surface area (Å²) in [4.78, 5) is 53.1. The highest BCUT2D eigenvalue weighted by Crippen LogP contribution is 2.32. The van der Waals surface area contributed by atoms with Crippen LogP contribution in [0.3, 0.4) is 0 Å². The molecule has 0 aromatic heterocycles. The maximum absolute atomic E-state index is 13.3. The van der Waals surface area contributed by atoms with Gasteiger partial charge in [0.2, 0.25) is 5.91 Å². The Labute approximate surface area is 247 Å². The van der Waals surface area contributed by atoms with E-state index in [2.05, 4.69) is 5.32 Å². The van der Waals surface area contributed by atoms with Crippen LogP contribution in [0, 0.1) is 5.92 Å². The van der Waals surface area contributed by atoms with E-state index in [1.54, 1.807) is 103 Å². The van der Waals surface area contributed by atoms with E-state index in [1.807, 2.05) is 0 Å². The molecular formula is C31H28N2O8S. The summed E-state index contributed by atoms with van der Waals surface area (Å²) in [6.07, 6.45) is -4.51. The number of amides is 1. The monoisotopic (exact) mass is 588 g/mol. The number of carbonyl (C=O) groups is 4. The number of ether oxygens (including phenoxy) is 4. The second-order valence-electron chi connectivity index (χ2n) is 9.85. The second kappa shape index (κ2) is 12.9. The fraction of sp³-hybridized carbons (Fsp3) is 0.258. The van der Waals surface area contributed by atoms with Crippen molar-refractivity contribution in [3.8, 4) is 0 Å². The number of nitrogens with one attached hydrogen (secondary N) is 1. The Morgan fingerprint density at radius 3 is 1.81 bits per heavy atom. The van der Waals surface area contributed by atoms with Gasteiger partial charge in [0.25, 0.3) is 0 Å². The molecule has 1 N–H and O–H groups in total. The average Bonchev–Trinajstić information content (AvgIpc) is 3.34. The standard InChI is InChI=1S/C31H28N2O8S/c1-19-17-33(31(42)32-26(19)34)27-25(41-30(37)22-15-9-4-10-16-22)24(40-29(36)21-13-7-3-8-14-21)23(39-27)18-38-28(35)20-11-5-2-6-12-20/h2-16,19,23-25,27H,17-18H2,1H3,(H,32,34,42)/t19?,23-,24-,25-,27-/m1/s1. The minimum Gasteiger partial charge on any atom is -0.459 e. The molecule has 2 fully saturated rings. The summed E-state index contributed by atoms with van der Waals surface area (Å²) in [5, 5.41) is 2.70. The molecule has 5 rings (SSSR count). The van der Waals surface area contributed by atoms with Gasteiger partial charge in [0.1, 0.15) is 12.7 Å². The van der Waals surface area contributed by atoms with Gasteiger partial charge in [0.05, 0.1) is 22.6 Å². The Balaban J connectivity index is 1.47. The van der Waals surface area contributed by atoms with E-state index >= 15 is 0 Å². The molecule has 0 aliphatic carbocycles. The first-order valence-electron chi connectivity index (χ1n) is 13.3. The van der Waals surface area contributed by atoms with Crippen LogP contribution in [-0.2, 0) is 23.7 Å². The number of rotatable bonds is 8. The molecular weight excluding hydrogens is 560 g/mol. The van der Waals surface area contributed by atoms with Crippen molar-refractivity contribution in [1.82, 2.24) is 10.2 Å². The van der Waals surface area contributed by atoms with E-state index < -0.39 is 48.4 Å². The van der Waals surface area contributed by atoms with E-state index in [9.17, 15) is 19.2 Å². The van der Waals surface area contributed by atoms with Crippen molar-refractivity contribution in [2.24, 2.45) is 5.92 Å². The zero-order chi connectivity index (χ0) is 29.6. The lowest BCUT2D eigenvalue weighted by Crippen LogP contribution is -2.60. The predicted molar refractivity (Wildman–Crippen MR) is 153 cm³/mol. The van der Waals surface area contributed by atoms with Crippen molar-refractivity contribution in [2.75, 3.05) is 13.2 Å². The van der Waals surface area contributed by atoms with Crippen LogP contribution in [0.4, 0.5) is 0 Å². The third-order valence-corrected chi connectivity index (χ3v) is 7.23. The summed E-state index contributed by atoms with van der Waals surface area (Å²) in [7, 11) is 0. The topological polar surface area (TPSA) is 120 Å². The van der Waals surface area contributed by atoms with Gasteiger partial charge in [-0.25, -0.2) is 14.4 Å². The number of benzene rings is 3. The minimum absolute atomic E-state index is 0.0685. The van der Waals surface area contributed by atoms with Crippen LogP contribution in [0.1, 0.15) is 38.0 Å². The van der Waals surface area contributed by atoms with Gasteiger partial charge < -0.3 is 29.2 Å². The molecule has 0 spiro atoms. The smallest absolute Gasteiger partial charge is 0.338 e. The van der Waals surface area contributed by atoms with Gasteiger partial charge in [0, 0.05) is 6.54 Å². The molecule has 0 saturated carbocycles. The van der Waals surface area contributed by atoms with E-state index in [4.69, 9.17) is 31.2 Å². The minimum atomic E-state index is -1.20. The van der Waals surface area contributed by atoms with Crippen LogP contribution in [0.15, 0.2) is 91.0 Å². The lowest BCUT2D eigenvalue weighted by Gasteiger charge is -2.38. The van der Waals surface area contributed by atoms with Crippen molar-refractivity contribution < 1.29 is 38.1 Å². The maximum Gasteiger partial charge on any atom is 0.338 e. The van der Waals surface area contributed by atoms with Crippen LogP contribution < -0.4 is 5.32 Å². The van der Waals surface area contributed by atoms with Crippen LogP contribution >= 0.6 is 12.2 Å². The fourth-order valence-corrected chi connectivity index (χ4v) is 4.97. The van der Waals surface area contributed by atoms with Gasteiger partial charge in [-0.2, -0.15) is 0 Å². The number of thiocarbonyl (C=S) groups is 1. The third-order valence-electron chi connectivity index (χ3n) is 6.90. The summed E-state index contributed by atoms with van der Waals surface area (Å²) >= 11 is 5.45. The first-order valence-corrected chi connectivity index (χ1v) is 13.7. The van der Waals surface area contributed by atoms with E-state index in [0.717, 1.165) is 0 Å². The average molecular weight is 589 g/mol. The summed E-state index contributed by atoms with van der Waals surface area (Å²) in [5.74, 6) is -2.70. The highest BCUT2D eigenvalue weighted by atomic mass is 32.1. The quantitative estimate of drug-likeness (QED) is 0.238. The molecule has 1 amide bonds. The number of hydrogen-bond acceptors (Lipinski definition) is 9. The summed E-state index contributed by atoms with van der Waals surface area (Å²) in [5.41, 5.74) is 0.861. The number of nitrogens with zero attached hydrogens (tertiary/aromatic N) is 1. The molecule has 10 nitrogen and oxygen atoms in total. The van der Waals surface area contributed by atoms with Crippen molar-refractivity contribution in [3.63, 3.8) is 0 Å². The fourth-order valence-electron chi connectivity index (χ4n) is 4.69. The Morgan fingerprint density at radius 1 is 0.810 bits per heavy atom. The number of carbonyl (C=O) groups excluding carboxylic acids is 4. The van der Waals surface area contributed by atoms with Crippen molar-refractivity contribution in [1.29, 1.82) is 0 Å². The van der Waals surface area contributed by atoms with E-state index in [0.29, 0.717) is 5.56 Å². The molecule has 2 aliphatic heterocycles. The molecule has 42 heavy (non-hydrogen) atoms. The van der Waals surface area contributed by atoms with Gasteiger partial charge in [-0.3, -0.25) is 4.79 Å². The molecule has 11 heteroatoms. The van der Waals surface area contributed by atoms with Crippen LogP contribution in [0.2, 0.25) is 0 Å².